The second-order valence-corrected chi connectivity index (χ2v) is 8.02. The Bertz CT molecular complexity index is 186. The van der Waals surface area contributed by atoms with Gasteiger partial charge in [0.15, 0.2) is 0 Å². The molecule has 3 unspecified atom stereocenters. The molecule has 0 saturated heterocycles. The Morgan fingerprint density at radius 3 is 2.11 bits per heavy atom. The summed E-state index contributed by atoms with van der Waals surface area (Å²) in [6.45, 7) is 11.4. The van der Waals surface area contributed by atoms with Gasteiger partial charge in [0.05, 0.1) is 0 Å². The summed E-state index contributed by atoms with van der Waals surface area (Å²) in [5, 5.41) is 0. The van der Waals surface area contributed by atoms with Crippen LogP contribution in [0.15, 0.2) is 0 Å². The van der Waals surface area contributed by atoms with Crippen molar-refractivity contribution in [2.45, 2.75) is 70.1 Å². The lowest BCUT2D eigenvalue weighted by atomic mass is 9.91. The van der Waals surface area contributed by atoms with Crippen molar-refractivity contribution >= 4 is 22.6 Å². The summed E-state index contributed by atoms with van der Waals surface area (Å²) in [4.78, 5) is 0. The maximum Gasteiger partial charge on any atom is 0.146 e. The van der Waals surface area contributed by atoms with Gasteiger partial charge in [0.25, 0.3) is 0 Å². The lowest BCUT2D eigenvalue weighted by Crippen LogP contribution is -2.08. The van der Waals surface area contributed by atoms with E-state index in [9.17, 15) is 0 Å². The van der Waals surface area contributed by atoms with E-state index in [-0.39, 0.29) is 0 Å². The first kappa shape index (κ1) is 19.7. The Morgan fingerprint density at radius 1 is 0.895 bits per heavy atom. The number of rotatable bonds is 13. The average molecular weight is 384 g/mol. The Kier molecular flexibility index (Phi) is 14.1. The van der Waals surface area contributed by atoms with E-state index in [1.165, 1.54) is 25.7 Å². The number of alkyl halides is 1. The molecule has 0 saturated carbocycles. The molecule has 0 aromatic rings. The minimum atomic E-state index is 0.469. The zero-order valence-electron chi connectivity index (χ0n) is 13.3. The van der Waals surface area contributed by atoms with Crippen molar-refractivity contribution in [3.05, 3.63) is 0 Å². The first-order chi connectivity index (χ1) is 9.06. The minimum absolute atomic E-state index is 0.469. The summed E-state index contributed by atoms with van der Waals surface area (Å²) in [6, 6.07) is 0. The van der Waals surface area contributed by atoms with E-state index >= 15 is 0 Å². The average Bonchev–Trinajstić information content (AvgIpc) is 2.31. The molecule has 0 aromatic carbocycles. The third kappa shape index (κ3) is 14.9. The van der Waals surface area contributed by atoms with Gasteiger partial charge in [0.1, 0.15) is 6.79 Å². The Hall–Kier alpha value is 0.650. The van der Waals surface area contributed by atoms with Gasteiger partial charge in [-0.2, -0.15) is 0 Å². The van der Waals surface area contributed by atoms with Crippen LogP contribution in [0.2, 0.25) is 0 Å². The first-order valence-electron chi connectivity index (χ1n) is 7.85. The Labute approximate surface area is 134 Å². The maximum atomic E-state index is 5.48. The summed E-state index contributed by atoms with van der Waals surface area (Å²) in [7, 11) is 0. The van der Waals surface area contributed by atoms with Crippen LogP contribution in [-0.2, 0) is 9.47 Å². The van der Waals surface area contributed by atoms with Gasteiger partial charge in [0.2, 0.25) is 0 Å². The summed E-state index contributed by atoms with van der Waals surface area (Å²) in [6.07, 6.45) is 7.44. The molecule has 0 fully saturated rings. The van der Waals surface area contributed by atoms with Crippen molar-refractivity contribution in [2.75, 3.05) is 20.0 Å². The van der Waals surface area contributed by atoms with Crippen molar-refractivity contribution in [1.82, 2.24) is 0 Å². The molecule has 0 radical (unpaired) electrons. The van der Waals surface area contributed by atoms with Gasteiger partial charge in [-0.1, -0.05) is 56.7 Å². The van der Waals surface area contributed by atoms with Crippen molar-refractivity contribution in [3.63, 3.8) is 0 Å². The fourth-order valence-corrected chi connectivity index (χ4v) is 3.28. The van der Waals surface area contributed by atoms with E-state index in [1.54, 1.807) is 0 Å². The third-order valence-corrected chi connectivity index (χ3v) is 3.83. The van der Waals surface area contributed by atoms with Gasteiger partial charge in [-0.05, 0) is 43.9 Å². The predicted molar refractivity (Wildman–Crippen MR) is 92.0 cm³/mol. The molecule has 116 valence electrons. The molecule has 0 N–H and O–H groups in total. The second kappa shape index (κ2) is 13.6. The van der Waals surface area contributed by atoms with Gasteiger partial charge in [-0.3, -0.25) is 0 Å². The molecule has 2 nitrogen and oxygen atoms in total. The summed E-state index contributed by atoms with van der Waals surface area (Å²) in [5.74, 6) is 1.66. The topological polar surface area (TPSA) is 18.5 Å². The third-order valence-electron chi connectivity index (χ3n) is 3.33. The molecule has 0 rings (SSSR count). The van der Waals surface area contributed by atoms with Crippen LogP contribution in [0.3, 0.4) is 0 Å². The van der Waals surface area contributed by atoms with Crippen molar-refractivity contribution in [3.8, 4) is 0 Å². The van der Waals surface area contributed by atoms with E-state index < -0.39 is 0 Å². The molecule has 0 aliphatic carbocycles. The standard InChI is InChI=1S/C16H33IO2/c1-5-6-9-18-13-19-10-7-8-14(2)11-15(3)12-16(4)17/h14-16H,5-13H2,1-4H3. The molecule has 0 aliphatic heterocycles. The number of unbranched alkanes of at least 4 members (excludes halogenated alkanes) is 1. The summed E-state index contributed by atoms with van der Waals surface area (Å²) < 4.78 is 11.6. The Morgan fingerprint density at radius 2 is 1.53 bits per heavy atom. The SMILES string of the molecule is CCCCOCOCCCC(C)CC(C)CC(C)I. The van der Waals surface area contributed by atoms with Gasteiger partial charge in [-0.15, -0.1) is 0 Å². The van der Waals surface area contributed by atoms with Gasteiger partial charge < -0.3 is 9.47 Å². The zero-order chi connectivity index (χ0) is 14.5. The van der Waals surface area contributed by atoms with Crippen LogP contribution in [-0.4, -0.2) is 23.9 Å². The largest absolute Gasteiger partial charge is 0.355 e. The minimum Gasteiger partial charge on any atom is -0.355 e. The molecular formula is C16H33IO2. The molecule has 0 aliphatic rings. The smallest absolute Gasteiger partial charge is 0.146 e. The van der Waals surface area contributed by atoms with Crippen molar-refractivity contribution < 1.29 is 9.47 Å². The van der Waals surface area contributed by atoms with E-state index in [2.05, 4.69) is 50.3 Å². The number of hydrogen-bond donors (Lipinski definition) is 0. The highest BCUT2D eigenvalue weighted by Crippen LogP contribution is 2.22. The molecule has 0 heterocycles. The lowest BCUT2D eigenvalue weighted by molar-refractivity contribution is -0.0558. The second-order valence-electron chi connectivity index (χ2n) is 5.89. The van der Waals surface area contributed by atoms with E-state index in [1.807, 2.05) is 0 Å². The van der Waals surface area contributed by atoms with Gasteiger partial charge in [0, 0.05) is 17.1 Å². The van der Waals surface area contributed by atoms with Crippen molar-refractivity contribution in [1.29, 1.82) is 0 Å². The highest BCUT2D eigenvalue weighted by molar-refractivity contribution is 14.1. The fourth-order valence-electron chi connectivity index (χ4n) is 2.41. The molecular weight excluding hydrogens is 351 g/mol. The molecule has 3 atom stereocenters. The van der Waals surface area contributed by atoms with Crippen LogP contribution in [0.1, 0.15) is 66.2 Å². The number of hydrogen-bond acceptors (Lipinski definition) is 2. The maximum absolute atomic E-state index is 5.48. The molecule has 19 heavy (non-hydrogen) atoms. The molecule has 3 heteroatoms. The monoisotopic (exact) mass is 384 g/mol. The first-order valence-corrected chi connectivity index (χ1v) is 9.10. The van der Waals surface area contributed by atoms with Crippen LogP contribution in [0, 0.1) is 11.8 Å². The normalized spacial score (nSPS) is 16.3. The lowest BCUT2D eigenvalue weighted by Gasteiger charge is -2.18. The molecule has 0 amide bonds. The quantitative estimate of drug-likeness (QED) is 0.182. The van der Waals surface area contributed by atoms with E-state index in [4.69, 9.17) is 9.47 Å². The van der Waals surface area contributed by atoms with Crippen LogP contribution in [0.5, 0.6) is 0 Å². The summed E-state index contributed by atoms with van der Waals surface area (Å²) in [5.41, 5.74) is 0. The number of ether oxygens (including phenoxy) is 2. The fraction of sp³-hybridized carbons (Fsp3) is 1.00. The highest BCUT2D eigenvalue weighted by atomic mass is 127. The van der Waals surface area contributed by atoms with Crippen LogP contribution in [0.25, 0.3) is 0 Å². The molecule has 0 aromatic heterocycles. The zero-order valence-corrected chi connectivity index (χ0v) is 15.4. The molecule has 0 spiro atoms. The van der Waals surface area contributed by atoms with Crippen molar-refractivity contribution in [2.24, 2.45) is 11.8 Å². The number of halogens is 1. The van der Waals surface area contributed by atoms with Crippen LogP contribution >= 0.6 is 22.6 Å². The van der Waals surface area contributed by atoms with E-state index in [0.29, 0.717) is 6.79 Å². The predicted octanol–water partition coefficient (Wildman–Crippen LogP) is 5.43. The van der Waals surface area contributed by atoms with Gasteiger partial charge in [-0.25, -0.2) is 0 Å². The van der Waals surface area contributed by atoms with E-state index in [0.717, 1.165) is 41.8 Å². The van der Waals surface area contributed by atoms with Crippen LogP contribution < -0.4 is 0 Å². The summed E-state index contributed by atoms with van der Waals surface area (Å²) >= 11 is 2.52. The molecule has 0 bridgehead atoms. The highest BCUT2D eigenvalue weighted by Gasteiger charge is 2.10. The van der Waals surface area contributed by atoms with Crippen LogP contribution in [0.4, 0.5) is 0 Å². The van der Waals surface area contributed by atoms with Gasteiger partial charge >= 0.3 is 0 Å². The Balaban J connectivity index is 3.31.